The minimum Gasteiger partial charge on any atom is -0.382 e. The van der Waals surface area contributed by atoms with Crippen LogP contribution in [-0.2, 0) is 4.74 Å². The van der Waals surface area contributed by atoms with Crippen LogP contribution in [-0.4, -0.2) is 49.8 Å². The molecule has 0 bridgehead atoms. The normalized spacial score (nSPS) is 27.9. The van der Waals surface area contributed by atoms with E-state index in [9.17, 15) is 0 Å². The minimum atomic E-state index is 0.308. The second-order valence-corrected chi connectivity index (χ2v) is 5.02. The Morgan fingerprint density at radius 1 is 1.38 bits per heavy atom. The highest BCUT2D eigenvalue weighted by atomic mass is 16.5. The Bertz CT molecular complexity index is 187. The molecule has 0 aromatic rings. The van der Waals surface area contributed by atoms with Crippen molar-refractivity contribution in [3.05, 3.63) is 0 Å². The molecule has 0 amide bonds. The van der Waals surface area contributed by atoms with Crippen molar-refractivity contribution in [2.45, 2.75) is 45.6 Å². The van der Waals surface area contributed by atoms with E-state index < -0.39 is 0 Å². The van der Waals surface area contributed by atoms with Gasteiger partial charge in [0.2, 0.25) is 0 Å². The van der Waals surface area contributed by atoms with Gasteiger partial charge in [0.1, 0.15) is 0 Å². The molecule has 96 valence electrons. The van der Waals surface area contributed by atoms with Crippen molar-refractivity contribution >= 4 is 0 Å². The number of rotatable bonds is 6. The third-order valence-corrected chi connectivity index (χ3v) is 3.52. The van der Waals surface area contributed by atoms with Gasteiger partial charge in [0.25, 0.3) is 0 Å². The topological polar surface area (TPSA) is 24.5 Å². The summed E-state index contributed by atoms with van der Waals surface area (Å²) in [5.41, 5.74) is 0.308. The van der Waals surface area contributed by atoms with Crippen LogP contribution >= 0.6 is 0 Å². The van der Waals surface area contributed by atoms with Gasteiger partial charge in [-0.2, -0.15) is 0 Å². The maximum absolute atomic E-state index is 5.39. The summed E-state index contributed by atoms with van der Waals surface area (Å²) in [5, 5.41) is 3.67. The second-order valence-electron chi connectivity index (χ2n) is 5.02. The summed E-state index contributed by atoms with van der Waals surface area (Å²) in [7, 11) is 0. The van der Waals surface area contributed by atoms with Crippen LogP contribution in [0.2, 0.25) is 0 Å². The third kappa shape index (κ3) is 4.81. The monoisotopic (exact) mass is 228 g/mol. The van der Waals surface area contributed by atoms with Crippen molar-refractivity contribution < 1.29 is 4.74 Å². The van der Waals surface area contributed by atoms with Crippen molar-refractivity contribution in [1.29, 1.82) is 0 Å². The Kier molecular flexibility index (Phi) is 6.32. The van der Waals surface area contributed by atoms with E-state index in [0.717, 1.165) is 26.2 Å². The zero-order valence-electron chi connectivity index (χ0n) is 11.2. The Labute approximate surface area is 101 Å². The number of hydrogen-bond acceptors (Lipinski definition) is 3. The van der Waals surface area contributed by atoms with E-state index in [1.807, 2.05) is 0 Å². The molecular weight excluding hydrogens is 200 g/mol. The molecule has 3 heteroatoms. The van der Waals surface area contributed by atoms with Gasteiger partial charge in [-0.05, 0) is 46.2 Å². The lowest BCUT2D eigenvalue weighted by molar-refractivity contribution is 0.127. The van der Waals surface area contributed by atoms with Crippen LogP contribution in [0, 0.1) is 0 Å². The summed E-state index contributed by atoms with van der Waals surface area (Å²) >= 11 is 0. The van der Waals surface area contributed by atoms with Gasteiger partial charge in [0.05, 0.1) is 0 Å². The van der Waals surface area contributed by atoms with Crippen LogP contribution in [0.15, 0.2) is 0 Å². The molecule has 1 N–H and O–H groups in total. The van der Waals surface area contributed by atoms with Crippen LogP contribution in [0.3, 0.4) is 0 Å². The molecular formula is C13H28N2O. The zero-order valence-corrected chi connectivity index (χ0v) is 11.2. The predicted molar refractivity (Wildman–Crippen MR) is 68.9 cm³/mol. The summed E-state index contributed by atoms with van der Waals surface area (Å²) in [5.74, 6) is 0. The molecule has 1 saturated heterocycles. The van der Waals surface area contributed by atoms with Crippen molar-refractivity contribution in [1.82, 2.24) is 10.2 Å². The summed E-state index contributed by atoms with van der Waals surface area (Å²) in [6.45, 7) is 13.2. The molecule has 16 heavy (non-hydrogen) atoms. The molecule has 1 aliphatic heterocycles. The molecule has 1 aliphatic rings. The highest BCUT2D eigenvalue weighted by Gasteiger charge is 2.26. The highest BCUT2D eigenvalue weighted by molar-refractivity contribution is 4.87. The molecule has 0 aromatic heterocycles. The molecule has 0 aliphatic carbocycles. The van der Waals surface area contributed by atoms with Crippen LogP contribution in [0.25, 0.3) is 0 Å². The third-order valence-electron chi connectivity index (χ3n) is 3.52. The first-order valence-electron chi connectivity index (χ1n) is 6.75. The molecule has 0 aromatic carbocycles. The fourth-order valence-corrected chi connectivity index (χ4v) is 2.28. The largest absolute Gasteiger partial charge is 0.382 e. The first-order valence-corrected chi connectivity index (χ1v) is 6.75. The number of nitrogens with zero attached hydrogens (tertiary/aromatic N) is 1. The molecule has 1 rings (SSSR count). The summed E-state index contributed by atoms with van der Waals surface area (Å²) < 4.78 is 5.39. The first-order chi connectivity index (χ1) is 7.70. The summed E-state index contributed by atoms with van der Waals surface area (Å²) in [4.78, 5) is 2.59. The standard InChI is InChI=1S/C13H28N2O/c1-4-13(3)12-15(9-6-8-14-13)10-7-11-16-5-2/h14H,4-12H2,1-3H3. The molecule has 3 nitrogen and oxygen atoms in total. The lowest BCUT2D eigenvalue weighted by Crippen LogP contribution is -2.48. The highest BCUT2D eigenvalue weighted by Crippen LogP contribution is 2.15. The van der Waals surface area contributed by atoms with Gasteiger partial charge in [-0.25, -0.2) is 0 Å². The zero-order chi connectivity index (χ0) is 11.9. The molecule has 0 spiro atoms. The van der Waals surface area contributed by atoms with Gasteiger partial charge < -0.3 is 15.0 Å². The maximum Gasteiger partial charge on any atom is 0.0478 e. The van der Waals surface area contributed by atoms with Crippen LogP contribution in [0.1, 0.15) is 40.0 Å². The lowest BCUT2D eigenvalue weighted by Gasteiger charge is -2.32. The quantitative estimate of drug-likeness (QED) is 0.703. The van der Waals surface area contributed by atoms with Crippen molar-refractivity contribution in [2.75, 3.05) is 39.4 Å². The average molecular weight is 228 g/mol. The Morgan fingerprint density at radius 2 is 2.19 bits per heavy atom. The molecule has 0 radical (unpaired) electrons. The van der Waals surface area contributed by atoms with Gasteiger partial charge in [-0.3, -0.25) is 0 Å². The molecule has 1 heterocycles. The second kappa shape index (κ2) is 7.25. The smallest absolute Gasteiger partial charge is 0.0478 e. The van der Waals surface area contributed by atoms with E-state index in [1.54, 1.807) is 0 Å². The Balaban J connectivity index is 2.28. The number of nitrogens with one attached hydrogen (secondary N) is 1. The maximum atomic E-state index is 5.39. The van der Waals surface area contributed by atoms with Crippen molar-refractivity contribution in [2.24, 2.45) is 0 Å². The van der Waals surface area contributed by atoms with E-state index in [0.29, 0.717) is 5.54 Å². The van der Waals surface area contributed by atoms with Crippen LogP contribution in [0.5, 0.6) is 0 Å². The predicted octanol–water partition coefficient (Wildman–Crippen LogP) is 1.88. The van der Waals surface area contributed by atoms with E-state index in [-0.39, 0.29) is 0 Å². The Morgan fingerprint density at radius 3 is 2.88 bits per heavy atom. The SMILES string of the molecule is CCOCCCN1CCCNC(C)(CC)C1. The summed E-state index contributed by atoms with van der Waals surface area (Å²) in [6, 6.07) is 0. The van der Waals surface area contributed by atoms with E-state index in [2.05, 4.69) is 31.0 Å². The van der Waals surface area contributed by atoms with Gasteiger partial charge in [-0.1, -0.05) is 6.92 Å². The first kappa shape index (κ1) is 13.9. The van der Waals surface area contributed by atoms with Gasteiger partial charge in [0, 0.05) is 31.8 Å². The molecule has 1 fully saturated rings. The average Bonchev–Trinajstić information content (AvgIpc) is 2.47. The van der Waals surface area contributed by atoms with E-state index in [4.69, 9.17) is 4.74 Å². The Hall–Kier alpha value is -0.120. The van der Waals surface area contributed by atoms with Gasteiger partial charge in [-0.15, -0.1) is 0 Å². The van der Waals surface area contributed by atoms with Crippen molar-refractivity contribution in [3.63, 3.8) is 0 Å². The molecule has 0 saturated carbocycles. The van der Waals surface area contributed by atoms with Crippen molar-refractivity contribution in [3.8, 4) is 0 Å². The fourth-order valence-electron chi connectivity index (χ4n) is 2.28. The molecule has 1 atom stereocenters. The lowest BCUT2D eigenvalue weighted by atomic mass is 9.98. The summed E-state index contributed by atoms with van der Waals surface area (Å²) in [6.07, 6.45) is 3.63. The number of hydrogen-bond donors (Lipinski definition) is 1. The molecule has 1 unspecified atom stereocenters. The van der Waals surface area contributed by atoms with Gasteiger partial charge in [0.15, 0.2) is 0 Å². The van der Waals surface area contributed by atoms with E-state index >= 15 is 0 Å². The number of ether oxygens (including phenoxy) is 1. The van der Waals surface area contributed by atoms with E-state index in [1.165, 1.54) is 32.5 Å². The van der Waals surface area contributed by atoms with Gasteiger partial charge >= 0.3 is 0 Å². The fraction of sp³-hybridized carbons (Fsp3) is 1.00. The van der Waals surface area contributed by atoms with Crippen LogP contribution < -0.4 is 5.32 Å². The minimum absolute atomic E-state index is 0.308. The van der Waals surface area contributed by atoms with Crippen LogP contribution in [0.4, 0.5) is 0 Å².